The van der Waals surface area contributed by atoms with Crippen LogP contribution in [-0.2, 0) is 16.1 Å². The number of carbonyl (C=O) groups excluding carboxylic acids is 1. The lowest BCUT2D eigenvalue weighted by atomic mass is 10.0. The zero-order valence-electron chi connectivity index (χ0n) is 15.4. The van der Waals surface area contributed by atoms with E-state index in [0.717, 1.165) is 21.6 Å². The Morgan fingerprint density at radius 2 is 1.92 bits per heavy atom. The van der Waals surface area contributed by atoms with Gasteiger partial charge in [0.05, 0.1) is 18.3 Å². The summed E-state index contributed by atoms with van der Waals surface area (Å²) in [6.07, 6.45) is 1.43. The third-order valence-corrected chi connectivity index (χ3v) is 5.09. The molecule has 0 bridgehead atoms. The van der Waals surface area contributed by atoms with Gasteiger partial charge in [0.1, 0.15) is 11.4 Å². The lowest BCUT2D eigenvalue weighted by molar-refractivity contribution is -0.145. The Kier molecular flexibility index (Phi) is 5.23. The molecule has 1 aromatic carbocycles. The first kappa shape index (κ1) is 18.3. The van der Waals surface area contributed by atoms with Gasteiger partial charge in [-0.2, -0.15) is 0 Å². The van der Waals surface area contributed by atoms with Crippen LogP contribution in [0.5, 0.6) is 0 Å². The van der Waals surface area contributed by atoms with Crippen molar-refractivity contribution in [3.8, 4) is 11.1 Å². The number of aromatic nitrogens is 2. The second-order valence-electron chi connectivity index (χ2n) is 6.83. The topological polar surface area (TPSA) is 61.2 Å². The third-order valence-electron chi connectivity index (χ3n) is 4.07. The molecule has 3 aromatic rings. The monoisotopic (exact) mass is 370 g/mol. The molecule has 0 aliphatic carbocycles. The highest BCUT2D eigenvalue weighted by atomic mass is 32.1. The average Bonchev–Trinajstić information content (AvgIpc) is 2.93. The van der Waals surface area contributed by atoms with Crippen LogP contribution in [0.3, 0.4) is 0 Å². The molecule has 0 spiro atoms. The van der Waals surface area contributed by atoms with Crippen molar-refractivity contribution in [1.29, 1.82) is 0 Å². The number of ether oxygens (including phenoxy) is 1. The number of benzene rings is 1. The minimum atomic E-state index is -0.425. The highest BCUT2D eigenvalue weighted by Gasteiger charge is 2.18. The molecule has 0 N–H and O–H groups in total. The molecule has 0 aliphatic rings. The Hall–Kier alpha value is -2.47. The van der Waals surface area contributed by atoms with E-state index in [1.54, 1.807) is 0 Å². The van der Waals surface area contributed by atoms with Crippen LogP contribution >= 0.6 is 11.3 Å². The summed E-state index contributed by atoms with van der Waals surface area (Å²) in [5.41, 5.74) is 2.83. The van der Waals surface area contributed by atoms with E-state index in [0.29, 0.717) is 16.8 Å². The van der Waals surface area contributed by atoms with Crippen LogP contribution in [0.4, 0.5) is 0 Å². The number of hydrogen-bond donors (Lipinski definition) is 0. The van der Waals surface area contributed by atoms with Crippen molar-refractivity contribution in [2.45, 2.75) is 34.2 Å². The van der Waals surface area contributed by atoms with Crippen LogP contribution in [0.2, 0.25) is 0 Å². The Morgan fingerprint density at radius 1 is 1.23 bits per heavy atom. The number of fused-ring (bicyclic) bond motifs is 1. The lowest BCUT2D eigenvalue weighted by Gasteiger charge is -2.09. The number of thiophene rings is 1. The highest BCUT2D eigenvalue weighted by Crippen LogP contribution is 2.35. The summed E-state index contributed by atoms with van der Waals surface area (Å²) in [6.45, 7) is 8.16. The third kappa shape index (κ3) is 3.70. The van der Waals surface area contributed by atoms with Crippen LogP contribution in [0.25, 0.3) is 21.3 Å². The van der Waals surface area contributed by atoms with Gasteiger partial charge in [0.15, 0.2) is 0 Å². The lowest BCUT2D eigenvalue weighted by Crippen LogP contribution is -2.26. The van der Waals surface area contributed by atoms with Crippen molar-refractivity contribution < 1.29 is 9.53 Å². The zero-order chi connectivity index (χ0) is 18.8. The molecule has 2 aromatic heterocycles. The van der Waals surface area contributed by atoms with E-state index in [4.69, 9.17) is 4.74 Å². The minimum absolute atomic E-state index is 0.128. The number of rotatable bonds is 5. The maximum absolute atomic E-state index is 13.0. The van der Waals surface area contributed by atoms with Gasteiger partial charge in [0.25, 0.3) is 5.56 Å². The normalized spacial score (nSPS) is 11.3. The second kappa shape index (κ2) is 7.41. The molecular weight excluding hydrogens is 348 g/mol. The summed E-state index contributed by atoms with van der Waals surface area (Å²) in [6, 6.07) is 8.07. The number of esters is 1. The standard InChI is InChI=1S/C20H22N2O3S/c1-12(2)10-25-16(23)9-22-11-21-19-18(20(22)24)17(14(4)26-19)15-7-5-13(3)6-8-15/h5-8,11-12H,9-10H2,1-4H3. The van der Waals surface area contributed by atoms with Crippen molar-refractivity contribution in [3.63, 3.8) is 0 Å². The fourth-order valence-electron chi connectivity index (χ4n) is 2.76. The highest BCUT2D eigenvalue weighted by molar-refractivity contribution is 7.19. The molecule has 136 valence electrons. The first-order valence-electron chi connectivity index (χ1n) is 8.58. The van der Waals surface area contributed by atoms with Crippen molar-refractivity contribution in [1.82, 2.24) is 9.55 Å². The number of nitrogens with zero attached hydrogens (tertiary/aromatic N) is 2. The molecule has 26 heavy (non-hydrogen) atoms. The maximum atomic E-state index is 13.0. The van der Waals surface area contributed by atoms with Gasteiger partial charge < -0.3 is 4.74 Å². The molecule has 2 heterocycles. The van der Waals surface area contributed by atoms with Crippen LogP contribution in [0.15, 0.2) is 35.4 Å². The maximum Gasteiger partial charge on any atom is 0.326 e. The Balaban J connectivity index is 2.03. The van der Waals surface area contributed by atoms with Gasteiger partial charge >= 0.3 is 5.97 Å². The van der Waals surface area contributed by atoms with E-state index >= 15 is 0 Å². The molecule has 3 rings (SSSR count). The fraction of sp³-hybridized carbons (Fsp3) is 0.350. The number of carbonyl (C=O) groups is 1. The summed E-state index contributed by atoms with van der Waals surface area (Å²) >= 11 is 1.49. The van der Waals surface area contributed by atoms with Crippen LogP contribution in [0.1, 0.15) is 24.3 Å². The van der Waals surface area contributed by atoms with Gasteiger partial charge in [0, 0.05) is 10.4 Å². The molecule has 0 saturated heterocycles. The van der Waals surface area contributed by atoms with Gasteiger partial charge in [-0.05, 0) is 25.3 Å². The van der Waals surface area contributed by atoms with E-state index in [2.05, 4.69) is 4.98 Å². The van der Waals surface area contributed by atoms with Crippen LogP contribution < -0.4 is 5.56 Å². The van der Waals surface area contributed by atoms with Crippen molar-refractivity contribution in [2.24, 2.45) is 5.92 Å². The summed E-state index contributed by atoms with van der Waals surface area (Å²) in [4.78, 5) is 31.1. The SMILES string of the molecule is Cc1ccc(-c2c(C)sc3ncn(CC(=O)OCC(C)C)c(=O)c23)cc1. The smallest absolute Gasteiger partial charge is 0.326 e. The second-order valence-corrected chi connectivity index (χ2v) is 8.04. The Morgan fingerprint density at radius 3 is 2.58 bits per heavy atom. The van der Waals surface area contributed by atoms with Gasteiger partial charge in [-0.15, -0.1) is 11.3 Å². The predicted molar refractivity (Wildman–Crippen MR) is 105 cm³/mol. The summed E-state index contributed by atoms with van der Waals surface area (Å²) in [5, 5.41) is 0.565. The summed E-state index contributed by atoms with van der Waals surface area (Å²) in [5.74, 6) is -0.172. The molecule has 0 radical (unpaired) electrons. The molecule has 0 atom stereocenters. The summed E-state index contributed by atoms with van der Waals surface area (Å²) < 4.78 is 6.51. The van der Waals surface area contributed by atoms with Gasteiger partial charge in [-0.25, -0.2) is 4.98 Å². The number of aryl methyl sites for hydroxylation is 2. The fourth-order valence-corrected chi connectivity index (χ4v) is 3.77. The van der Waals surface area contributed by atoms with Crippen LogP contribution in [0, 0.1) is 19.8 Å². The molecule has 6 heteroatoms. The van der Waals surface area contributed by atoms with E-state index in [9.17, 15) is 9.59 Å². The molecule has 5 nitrogen and oxygen atoms in total. The van der Waals surface area contributed by atoms with Gasteiger partial charge in [0.2, 0.25) is 0 Å². The van der Waals surface area contributed by atoms with Crippen molar-refractivity contribution >= 4 is 27.5 Å². The predicted octanol–water partition coefficient (Wildman–Crippen LogP) is 3.94. The average molecular weight is 370 g/mol. The molecule has 0 amide bonds. The van der Waals surface area contributed by atoms with Gasteiger partial charge in [-0.3, -0.25) is 14.2 Å². The Labute approximate surface area is 156 Å². The van der Waals surface area contributed by atoms with Crippen molar-refractivity contribution in [3.05, 3.63) is 51.4 Å². The summed E-state index contributed by atoms with van der Waals surface area (Å²) in [7, 11) is 0. The first-order chi connectivity index (χ1) is 12.4. The molecular formula is C20H22N2O3S. The van der Waals surface area contributed by atoms with E-state index in [1.165, 1.54) is 22.2 Å². The van der Waals surface area contributed by atoms with Crippen molar-refractivity contribution in [2.75, 3.05) is 6.61 Å². The quantitative estimate of drug-likeness (QED) is 0.638. The largest absolute Gasteiger partial charge is 0.464 e. The molecule has 0 aliphatic heterocycles. The first-order valence-corrected chi connectivity index (χ1v) is 9.39. The van der Waals surface area contributed by atoms with E-state index in [1.807, 2.05) is 52.0 Å². The molecule has 0 unspecified atom stereocenters. The zero-order valence-corrected chi connectivity index (χ0v) is 16.2. The minimum Gasteiger partial charge on any atom is -0.464 e. The number of hydrogen-bond acceptors (Lipinski definition) is 5. The van der Waals surface area contributed by atoms with E-state index in [-0.39, 0.29) is 18.0 Å². The Bertz CT molecular complexity index is 1000. The molecule has 0 fully saturated rings. The van der Waals surface area contributed by atoms with E-state index < -0.39 is 5.97 Å². The van der Waals surface area contributed by atoms with Gasteiger partial charge in [-0.1, -0.05) is 43.7 Å². The van der Waals surface area contributed by atoms with Crippen LogP contribution in [-0.4, -0.2) is 22.1 Å². The molecule has 0 saturated carbocycles.